The van der Waals surface area contributed by atoms with Gasteiger partial charge >= 0.3 is 5.97 Å². The van der Waals surface area contributed by atoms with Crippen LogP contribution in [0.5, 0.6) is 0 Å². The molecule has 0 unspecified atom stereocenters. The molecule has 0 fully saturated rings. The van der Waals surface area contributed by atoms with E-state index in [4.69, 9.17) is 5.11 Å². The minimum absolute atomic E-state index is 0.0248. The molecule has 0 amide bonds. The van der Waals surface area contributed by atoms with Gasteiger partial charge in [0.15, 0.2) is 5.16 Å². The van der Waals surface area contributed by atoms with Gasteiger partial charge in [-0.15, -0.1) is 21.5 Å². The third-order valence-corrected chi connectivity index (χ3v) is 4.86. The van der Waals surface area contributed by atoms with Crippen molar-refractivity contribution in [1.29, 1.82) is 0 Å². The standard InChI is InChI=1S/C14H19N3O2S2/c1-2-8-17-12(7-3-5-11-6-4-9-20-11)15-16-14(17)21-10-13(18)19/h4,6,9H,2-3,5,7-8,10H2,1H3,(H,18,19). The molecule has 0 aliphatic carbocycles. The summed E-state index contributed by atoms with van der Waals surface area (Å²) >= 11 is 3.02. The molecule has 2 aromatic rings. The van der Waals surface area contributed by atoms with Crippen molar-refractivity contribution in [2.45, 2.75) is 44.3 Å². The molecule has 2 aromatic heterocycles. The van der Waals surface area contributed by atoms with E-state index in [9.17, 15) is 4.79 Å². The smallest absolute Gasteiger partial charge is 0.313 e. The number of carboxylic acid groups (broad SMARTS) is 1. The van der Waals surface area contributed by atoms with E-state index in [-0.39, 0.29) is 5.75 Å². The molecular weight excluding hydrogens is 306 g/mol. The van der Waals surface area contributed by atoms with Crippen LogP contribution in [0.3, 0.4) is 0 Å². The summed E-state index contributed by atoms with van der Waals surface area (Å²) in [4.78, 5) is 12.1. The summed E-state index contributed by atoms with van der Waals surface area (Å²) in [6.45, 7) is 2.93. The number of nitrogens with zero attached hydrogens (tertiary/aromatic N) is 3. The molecule has 2 heterocycles. The molecular formula is C14H19N3O2S2. The third-order valence-electron chi connectivity index (χ3n) is 2.97. The van der Waals surface area contributed by atoms with Gasteiger partial charge in [0.05, 0.1) is 5.75 Å². The Balaban J connectivity index is 1.95. The van der Waals surface area contributed by atoms with Crippen LogP contribution in [0.1, 0.15) is 30.5 Å². The van der Waals surface area contributed by atoms with Crippen molar-refractivity contribution >= 4 is 29.1 Å². The average molecular weight is 325 g/mol. The number of carboxylic acids is 1. The molecule has 0 atom stereocenters. The fourth-order valence-corrected chi connectivity index (χ4v) is 3.52. The number of aromatic nitrogens is 3. The molecule has 0 aliphatic rings. The maximum atomic E-state index is 10.7. The van der Waals surface area contributed by atoms with E-state index in [1.165, 1.54) is 16.6 Å². The Morgan fingerprint density at radius 3 is 2.95 bits per heavy atom. The second-order valence-electron chi connectivity index (χ2n) is 4.67. The van der Waals surface area contributed by atoms with Crippen molar-refractivity contribution in [3.05, 3.63) is 28.2 Å². The summed E-state index contributed by atoms with van der Waals surface area (Å²) in [5.41, 5.74) is 0. The Hall–Kier alpha value is -1.34. The summed E-state index contributed by atoms with van der Waals surface area (Å²) in [5, 5.41) is 20.0. The Morgan fingerprint density at radius 2 is 2.29 bits per heavy atom. The quantitative estimate of drug-likeness (QED) is 0.718. The number of hydrogen-bond donors (Lipinski definition) is 1. The van der Waals surface area contributed by atoms with E-state index >= 15 is 0 Å². The molecule has 0 saturated heterocycles. The Labute approximate surface area is 132 Å². The maximum Gasteiger partial charge on any atom is 0.313 e. The van der Waals surface area contributed by atoms with Crippen LogP contribution in [0.25, 0.3) is 0 Å². The first-order valence-electron chi connectivity index (χ1n) is 6.99. The second kappa shape index (κ2) is 8.19. The zero-order valence-electron chi connectivity index (χ0n) is 12.0. The van der Waals surface area contributed by atoms with Gasteiger partial charge in [0.2, 0.25) is 0 Å². The first kappa shape index (κ1) is 16.0. The highest BCUT2D eigenvalue weighted by atomic mass is 32.2. The van der Waals surface area contributed by atoms with Crippen LogP contribution in [-0.4, -0.2) is 31.6 Å². The normalized spacial score (nSPS) is 10.9. The molecule has 7 heteroatoms. The van der Waals surface area contributed by atoms with Gasteiger partial charge in [0.1, 0.15) is 5.82 Å². The molecule has 0 saturated carbocycles. The molecule has 21 heavy (non-hydrogen) atoms. The Morgan fingerprint density at radius 1 is 1.43 bits per heavy atom. The number of aryl methyl sites for hydroxylation is 2. The minimum atomic E-state index is -0.828. The zero-order chi connectivity index (χ0) is 15.1. The zero-order valence-corrected chi connectivity index (χ0v) is 13.6. The summed E-state index contributed by atoms with van der Waals surface area (Å²) < 4.78 is 2.06. The van der Waals surface area contributed by atoms with Crippen LogP contribution in [0.2, 0.25) is 0 Å². The third kappa shape index (κ3) is 4.86. The Kier molecular flexibility index (Phi) is 6.25. The molecule has 0 aromatic carbocycles. The maximum absolute atomic E-state index is 10.7. The van der Waals surface area contributed by atoms with Gasteiger partial charge in [-0.3, -0.25) is 4.79 Å². The van der Waals surface area contributed by atoms with Crippen molar-refractivity contribution in [2.24, 2.45) is 0 Å². The highest BCUT2D eigenvalue weighted by Crippen LogP contribution is 2.19. The largest absolute Gasteiger partial charge is 0.481 e. The number of thiophene rings is 1. The highest BCUT2D eigenvalue weighted by molar-refractivity contribution is 7.99. The lowest BCUT2D eigenvalue weighted by atomic mass is 10.2. The lowest BCUT2D eigenvalue weighted by Gasteiger charge is -2.07. The lowest BCUT2D eigenvalue weighted by Crippen LogP contribution is -2.07. The highest BCUT2D eigenvalue weighted by Gasteiger charge is 2.13. The SMILES string of the molecule is CCCn1c(CCCc2cccs2)nnc1SCC(=O)O. The summed E-state index contributed by atoms with van der Waals surface area (Å²) in [6.07, 6.45) is 3.94. The monoisotopic (exact) mass is 325 g/mol. The molecule has 0 aliphatic heterocycles. The molecule has 2 rings (SSSR count). The summed E-state index contributed by atoms with van der Waals surface area (Å²) in [5.74, 6) is 0.156. The van der Waals surface area contributed by atoms with Crippen LogP contribution in [0.15, 0.2) is 22.7 Å². The number of aliphatic carboxylic acids is 1. The van der Waals surface area contributed by atoms with E-state index < -0.39 is 5.97 Å². The first-order chi connectivity index (χ1) is 10.2. The van der Waals surface area contributed by atoms with Crippen LogP contribution in [-0.2, 0) is 24.2 Å². The number of thioether (sulfide) groups is 1. The van der Waals surface area contributed by atoms with Crippen molar-refractivity contribution in [3.63, 3.8) is 0 Å². The first-order valence-corrected chi connectivity index (χ1v) is 8.86. The summed E-state index contributed by atoms with van der Waals surface area (Å²) in [6, 6.07) is 4.22. The molecule has 114 valence electrons. The topological polar surface area (TPSA) is 68.0 Å². The molecule has 0 radical (unpaired) electrons. The average Bonchev–Trinajstić information content (AvgIpc) is 3.08. The Bertz CT molecular complexity index is 567. The molecule has 0 bridgehead atoms. The fraction of sp³-hybridized carbons (Fsp3) is 0.500. The predicted molar refractivity (Wildman–Crippen MR) is 85.0 cm³/mol. The van der Waals surface area contributed by atoms with Crippen LogP contribution >= 0.6 is 23.1 Å². The molecule has 0 spiro atoms. The van der Waals surface area contributed by atoms with Crippen molar-refractivity contribution in [3.8, 4) is 0 Å². The molecule has 1 N–H and O–H groups in total. The molecule has 5 nitrogen and oxygen atoms in total. The van der Waals surface area contributed by atoms with Crippen LogP contribution < -0.4 is 0 Å². The van der Waals surface area contributed by atoms with Crippen molar-refractivity contribution in [2.75, 3.05) is 5.75 Å². The van der Waals surface area contributed by atoms with Gasteiger partial charge in [-0.2, -0.15) is 0 Å². The van der Waals surface area contributed by atoms with E-state index in [1.54, 1.807) is 11.3 Å². The van der Waals surface area contributed by atoms with E-state index in [1.807, 2.05) is 0 Å². The second-order valence-corrected chi connectivity index (χ2v) is 6.64. The minimum Gasteiger partial charge on any atom is -0.481 e. The van der Waals surface area contributed by atoms with Crippen LogP contribution in [0, 0.1) is 0 Å². The van der Waals surface area contributed by atoms with Gasteiger partial charge in [0, 0.05) is 17.8 Å². The van der Waals surface area contributed by atoms with Gasteiger partial charge in [0.25, 0.3) is 0 Å². The number of carbonyl (C=O) groups is 1. The summed E-state index contributed by atoms with van der Waals surface area (Å²) in [7, 11) is 0. The predicted octanol–water partition coefficient (Wildman–Crippen LogP) is 3.10. The van der Waals surface area contributed by atoms with Gasteiger partial charge in [-0.1, -0.05) is 24.8 Å². The van der Waals surface area contributed by atoms with Gasteiger partial charge < -0.3 is 9.67 Å². The van der Waals surface area contributed by atoms with Crippen molar-refractivity contribution in [1.82, 2.24) is 14.8 Å². The van der Waals surface area contributed by atoms with Crippen molar-refractivity contribution < 1.29 is 9.90 Å². The number of rotatable bonds is 9. The van der Waals surface area contributed by atoms with Gasteiger partial charge in [-0.05, 0) is 30.7 Å². The van der Waals surface area contributed by atoms with Gasteiger partial charge in [-0.25, -0.2) is 0 Å². The lowest BCUT2D eigenvalue weighted by molar-refractivity contribution is -0.133. The fourth-order valence-electron chi connectivity index (χ4n) is 2.06. The van der Waals surface area contributed by atoms with Crippen LogP contribution in [0.4, 0.5) is 0 Å². The van der Waals surface area contributed by atoms with E-state index in [2.05, 4.69) is 39.2 Å². The number of hydrogen-bond acceptors (Lipinski definition) is 5. The van der Waals surface area contributed by atoms with E-state index in [0.29, 0.717) is 5.16 Å². The van der Waals surface area contributed by atoms with E-state index in [0.717, 1.165) is 38.1 Å².